The van der Waals surface area contributed by atoms with Gasteiger partial charge < -0.3 is 25.5 Å². The number of alkyl halides is 3. The zero-order valence-corrected chi connectivity index (χ0v) is 14.5. The molecule has 0 spiro atoms. The van der Waals surface area contributed by atoms with Gasteiger partial charge in [-0.25, -0.2) is 4.98 Å². The van der Waals surface area contributed by atoms with Crippen molar-refractivity contribution in [3.63, 3.8) is 0 Å². The molecule has 0 atom stereocenters. The second-order valence-electron chi connectivity index (χ2n) is 5.94. The number of ether oxygens (including phenoxy) is 1. The van der Waals surface area contributed by atoms with Crippen molar-refractivity contribution in [2.24, 2.45) is 12.8 Å². The number of hydrogen-bond acceptors (Lipinski definition) is 5. The fourth-order valence-electron chi connectivity index (χ4n) is 2.98. The lowest BCUT2D eigenvalue weighted by Crippen LogP contribution is -2.16. The van der Waals surface area contributed by atoms with Crippen molar-refractivity contribution in [1.29, 1.82) is 0 Å². The summed E-state index contributed by atoms with van der Waals surface area (Å²) in [4.78, 5) is 4.43. The summed E-state index contributed by atoms with van der Waals surface area (Å²) in [7, 11) is 1.84. The number of nitrogens with two attached hydrogens (primary N) is 1. The molecular weight excluding hydrogens is 361 g/mol. The van der Waals surface area contributed by atoms with Gasteiger partial charge in [0.15, 0.2) is 0 Å². The molecule has 0 saturated heterocycles. The van der Waals surface area contributed by atoms with Gasteiger partial charge in [-0.1, -0.05) is 12.1 Å². The minimum atomic E-state index is -4.73. The Morgan fingerprint density at radius 3 is 2.56 bits per heavy atom. The van der Waals surface area contributed by atoms with Crippen LogP contribution in [0.5, 0.6) is 5.75 Å². The Hall–Kier alpha value is -2.78. The highest BCUT2D eigenvalue weighted by atomic mass is 19.4. The summed E-state index contributed by atoms with van der Waals surface area (Å²) in [5, 5.41) is 12.3. The van der Waals surface area contributed by atoms with Crippen LogP contribution in [0, 0.1) is 0 Å². The lowest BCUT2D eigenvalue weighted by atomic mass is 9.99. The molecule has 4 N–H and O–H groups in total. The second kappa shape index (κ2) is 7.45. The van der Waals surface area contributed by atoms with E-state index in [-0.39, 0.29) is 18.9 Å². The molecule has 0 aliphatic rings. The van der Waals surface area contributed by atoms with Crippen LogP contribution in [0.1, 0.15) is 5.56 Å². The Kier molecular flexibility index (Phi) is 5.24. The molecule has 9 heteroatoms. The molecule has 0 bridgehead atoms. The number of aryl methyl sites for hydroxylation is 1. The van der Waals surface area contributed by atoms with E-state index in [9.17, 15) is 13.2 Å². The maximum Gasteiger partial charge on any atom is 0.573 e. The van der Waals surface area contributed by atoms with Crippen molar-refractivity contribution in [3.05, 3.63) is 42.2 Å². The van der Waals surface area contributed by atoms with Crippen molar-refractivity contribution in [2.45, 2.75) is 12.9 Å². The molecule has 27 heavy (non-hydrogen) atoms. The van der Waals surface area contributed by atoms with E-state index in [4.69, 9.17) is 10.8 Å². The highest BCUT2D eigenvalue weighted by molar-refractivity contribution is 6.01. The van der Waals surface area contributed by atoms with Crippen LogP contribution in [-0.2, 0) is 13.6 Å². The van der Waals surface area contributed by atoms with Gasteiger partial charge in [-0.3, -0.25) is 0 Å². The van der Waals surface area contributed by atoms with Crippen LogP contribution in [0.3, 0.4) is 0 Å². The molecule has 0 unspecified atom stereocenters. The minimum absolute atomic E-state index is 0.0359. The fourth-order valence-corrected chi connectivity index (χ4v) is 2.98. The fraction of sp³-hybridized carbons (Fsp3) is 0.278. The summed E-state index contributed by atoms with van der Waals surface area (Å²) >= 11 is 0. The molecule has 0 amide bonds. The summed E-state index contributed by atoms with van der Waals surface area (Å²) in [5.41, 5.74) is 10.4. The molecule has 144 valence electrons. The first-order chi connectivity index (χ1) is 12.8. The molecule has 0 saturated carbocycles. The van der Waals surface area contributed by atoms with E-state index < -0.39 is 6.36 Å². The molecule has 0 aliphatic carbocycles. The van der Waals surface area contributed by atoms with Gasteiger partial charge in [0.2, 0.25) is 0 Å². The third-order valence-corrected chi connectivity index (χ3v) is 4.10. The number of nitrogens with zero attached hydrogens (tertiary/aromatic N) is 2. The third-order valence-electron chi connectivity index (χ3n) is 4.10. The van der Waals surface area contributed by atoms with Crippen LogP contribution in [0.15, 0.2) is 36.7 Å². The number of imidazole rings is 1. The zero-order valence-electron chi connectivity index (χ0n) is 14.5. The summed E-state index contributed by atoms with van der Waals surface area (Å²) in [6.45, 7) is 0.568. The first-order valence-electron chi connectivity index (χ1n) is 8.22. The van der Waals surface area contributed by atoms with E-state index in [1.54, 1.807) is 18.5 Å². The molecule has 3 aromatic rings. The maximum atomic E-state index is 12.3. The number of halogens is 3. The Bertz CT molecular complexity index is 936. The van der Waals surface area contributed by atoms with Crippen LogP contribution < -0.4 is 15.8 Å². The molecule has 0 aliphatic heterocycles. The molecular formula is C18H19F3N4O2. The van der Waals surface area contributed by atoms with Crippen LogP contribution in [0.4, 0.5) is 18.9 Å². The monoisotopic (exact) mass is 380 g/mol. The average molecular weight is 380 g/mol. The number of aliphatic hydroxyl groups excluding tert-OH is 1. The van der Waals surface area contributed by atoms with E-state index in [0.717, 1.165) is 22.3 Å². The Balaban J connectivity index is 2.09. The normalized spacial score (nSPS) is 11.8. The SMILES string of the molecule is Cn1cnc2c(-c3ccc(OC(F)(F)F)cc3)cc(CN)c(NCCO)c21. The van der Waals surface area contributed by atoms with Crippen molar-refractivity contribution in [1.82, 2.24) is 9.55 Å². The Morgan fingerprint density at radius 2 is 1.96 bits per heavy atom. The third kappa shape index (κ3) is 3.99. The number of aromatic nitrogens is 2. The van der Waals surface area contributed by atoms with E-state index >= 15 is 0 Å². The zero-order chi connectivity index (χ0) is 19.6. The van der Waals surface area contributed by atoms with Crippen molar-refractivity contribution in [2.75, 3.05) is 18.5 Å². The smallest absolute Gasteiger partial charge is 0.406 e. The minimum Gasteiger partial charge on any atom is -0.406 e. The molecule has 6 nitrogen and oxygen atoms in total. The van der Waals surface area contributed by atoms with Crippen LogP contribution >= 0.6 is 0 Å². The van der Waals surface area contributed by atoms with Gasteiger partial charge in [0.1, 0.15) is 5.75 Å². The molecule has 2 aromatic carbocycles. The van der Waals surface area contributed by atoms with Crippen LogP contribution in [0.2, 0.25) is 0 Å². The van der Waals surface area contributed by atoms with E-state index in [1.807, 2.05) is 17.7 Å². The van der Waals surface area contributed by atoms with Crippen molar-refractivity contribution >= 4 is 16.7 Å². The Labute approximate surface area is 153 Å². The van der Waals surface area contributed by atoms with Crippen molar-refractivity contribution < 1.29 is 23.0 Å². The average Bonchev–Trinajstić information content (AvgIpc) is 3.01. The molecule has 0 radical (unpaired) electrons. The van der Waals surface area contributed by atoms with Crippen molar-refractivity contribution in [3.8, 4) is 16.9 Å². The molecule has 1 heterocycles. The number of fused-ring (bicyclic) bond motifs is 1. The van der Waals surface area contributed by atoms with Gasteiger partial charge in [0.25, 0.3) is 0 Å². The second-order valence-corrected chi connectivity index (χ2v) is 5.94. The van der Waals surface area contributed by atoms with E-state index in [1.165, 1.54) is 12.1 Å². The number of aliphatic hydroxyl groups is 1. The Morgan fingerprint density at radius 1 is 1.26 bits per heavy atom. The number of benzene rings is 2. The number of anilines is 1. The van der Waals surface area contributed by atoms with E-state index in [0.29, 0.717) is 17.6 Å². The summed E-state index contributed by atoms with van der Waals surface area (Å²) in [6.07, 6.45) is -3.08. The van der Waals surface area contributed by atoms with Gasteiger partial charge in [0, 0.05) is 25.7 Å². The number of hydrogen-bond donors (Lipinski definition) is 3. The summed E-state index contributed by atoms with van der Waals surface area (Å²) < 4.78 is 42.8. The number of rotatable bonds is 6. The molecule has 0 fully saturated rings. The van der Waals surface area contributed by atoms with E-state index in [2.05, 4.69) is 15.0 Å². The summed E-state index contributed by atoms with van der Waals surface area (Å²) in [6, 6.07) is 7.47. The quantitative estimate of drug-likeness (QED) is 0.612. The summed E-state index contributed by atoms with van der Waals surface area (Å²) in [5.74, 6) is -0.288. The topological polar surface area (TPSA) is 85.3 Å². The highest BCUT2D eigenvalue weighted by Gasteiger charge is 2.31. The van der Waals surface area contributed by atoms with Gasteiger partial charge >= 0.3 is 6.36 Å². The van der Waals surface area contributed by atoms with Gasteiger partial charge in [0.05, 0.1) is 29.7 Å². The number of nitrogens with one attached hydrogen (secondary N) is 1. The predicted octanol–water partition coefficient (Wildman–Crippen LogP) is 3.00. The largest absolute Gasteiger partial charge is 0.573 e. The lowest BCUT2D eigenvalue weighted by molar-refractivity contribution is -0.274. The maximum absolute atomic E-state index is 12.3. The first kappa shape index (κ1) is 19.0. The van der Waals surface area contributed by atoms with Gasteiger partial charge in [-0.05, 0) is 29.3 Å². The lowest BCUT2D eigenvalue weighted by Gasteiger charge is -2.16. The van der Waals surface area contributed by atoms with Crippen LogP contribution in [0.25, 0.3) is 22.2 Å². The standard InChI is InChI=1S/C18H19F3N4O2/c1-25-10-24-16-14(8-12(9-22)15(17(16)25)23-6-7-26)11-2-4-13(5-3-11)27-18(19,20)21/h2-5,8,10,23,26H,6-7,9,22H2,1H3. The highest BCUT2D eigenvalue weighted by Crippen LogP contribution is 2.36. The first-order valence-corrected chi connectivity index (χ1v) is 8.22. The van der Waals surface area contributed by atoms with Gasteiger partial charge in [-0.15, -0.1) is 13.2 Å². The predicted molar refractivity (Wildman–Crippen MR) is 96.3 cm³/mol. The molecule has 1 aromatic heterocycles. The van der Waals surface area contributed by atoms with Gasteiger partial charge in [-0.2, -0.15) is 0 Å². The van der Waals surface area contributed by atoms with Crippen LogP contribution in [-0.4, -0.2) is 34.2 Å². The molecule has 3 rings (SSSR count).